The largest absolute Gasteiger partial charge is 0.356 e. The first-order valence-corrected chi connectivity index (χ1v) is 7.46. The summed E-state index contributed by atoms with van der Waals surface area (Å²) in [6.07, 6.45) is -0.0443. The van der Waals surface area contributed by atoms with E-state index in [9.17, 15) is 17.6 Å². The second kappa shape index (κ2) is 6.49. The van der Waals surface area contributed by atoms with Crippen molar-refractivity contribution in [2.24, 2.45) is 0 Å². The lowest BCUT2D eigenvalue weighted by molar-refractivity contribution is -0.120. The van der Waals surface area contributed by atoms with E-state index in [4.69, 9.17) is 0 Å². The maximum absolute atomic E-state index is 12.7. The molecule has 1 aromatic carbocycles. The monoisotopic (exact) mass is 273 g/mol. The Bertz CT molecular complexity index is 497. The number of hydrogen-bond acceptors (Lipinski definition) is 3. The number of carbonyl (C=O) groups excluding carboxylic acids is 1. The molecule has 4 nitrogen and oxygen atoms in total. The fourth-order valence-electron chi connectivity index (χ4n) is 1.44. The van der Waals surface area contributed by atoms with Crippen LogP contribution in [-0.2, 0) is 20.4 Å². The van der Waals surface area contributed by atoms with Gasteiger partial charge in [-0.15, -0.1) is 0 Å². The Balaban J connectivity index is 2.54. The normalized spacial score (nSPS) is 11.2. The minimum absolute atomic E-state index is 0.0443. The molecule has 0 saturated heterocycles. The molecule has 0 aliphatic carbocycles. The van der Waals surface area contributed by atoms with Gasteiger partial charge in [0.25, 0.3) is 0 Å². The van der Waals surface area contributed by atoms with Gasteiger partial charge in [0.1, 0.15) is 5.82 Å². The second-order valence-electron chi connectivity index (χ2n) is 3.92. The van der Waals surface area contributed by atoms with E-state index < -0.39 is 15.7 Å². The molecule has 0 radical (unpaired) electrons. The van der Waals surface area contributed by atoms with Crippen LogP contribution in [0.15, 0.2) is 24.3 Å². The third kappa shape index (κ3) is 5.27. The lowest BCUT2D eigenvalue weighted by Gasteiger charge is -2.05. The van der Waals surface area contributed by atoms with Crippen LogP contribution >= 0.6 is 0 Å². The molecule has 0 saturated carbocycles. The number of sulfone groups is 1. The van der Waals surface area contributed by atoms with Crippen molar-refractivity contribution in [1.82, 2.24) is 5.32 Å². The van der Waals surface area contributed by atoms with Gasteiger partial charge in [-0.1, -0.05) is 12.1 Å². The number of nitrogens with one attached hydrogen (secondary N) is 1. The van der Waals surface area contributed by atoms with E-state index in [-0.39, 0.29) is 23.8 Å². The number of hydrogen-bond donors (Lipinski definition) is 1. The van der Waals surface area contributed by atoms with E-state index in [0.29, 0.717) is 12.1 Å². The lowest BCUT2D eigenvalue weighted by Crippen LogP contribution is -2.25. The third-order valence-corrected chi connectivity index (χ3v) is 3.91. The Morgan fingerprint density at radius 2 is 1.89 bits per heavy atom. The Morgan fingerprint density at radius 3 is 2.44 bits per heavy atom. The van der Waals surface area contributed by atoms with E-state index in [1.165, 1.54) is 24.3 Å². The third-order valence-electron chi connectivity index (χ3n) is 2.31. The fourth-order valence-corrected chi connectivity index (χ4v) is 2.78. The summed E-state index contributed by atoms with van der Waals surface area (Å²) in [7, 11) is -3.34. The molecular weight excluding hydrogens is 257 g/mol. The predicted octanol–water partition coefficient (Wildman–Crippen LogP) is 1.27. The predicted molar refractivity (Wildman–Crippen MR) is 67.2 cm³/mol. The molecule has 18 heavy (non-hydrogen) atoms. The molecule has 0 spiro atoms. The first-order chi connectivity index (χ1) is 8.43. The van der Waals surface area contributed by atoms with Crippen LogP contribution in [-0.4, -0.2) is 26.6 Å². The van der Waals surface area contributed by atoms with E-state index in [2.05, 4.69) is 5.32 Å². The molecular formula is C12H16FNO3S. The molecule has 0 heterocycles. The molecule has 100 valence electrons. The number of carbonyl (C=O) groups is 1. The molecule has 0 atom stereocenters. The Kier molecular flexibility index (Phi) is 5.27. The van der Waals surface area contributed by atoms with Gasteiger partial charge < -0.3 is 5.32 Å². The molecule has 1 amide bonds. The van der Waals surface area contributed by atoms with Crippen molar-refractivity contribution in [3.63, 3.8) is 0 Å². The summed E-state index contributed by atoms with van der Waals surface area (Å²) in [5.74, 6) is -1.05. The Hall–Kier alpha value is -1.43. The van der Waals surface area contributed by atoms with Crippen LogP contribution in [0.25, 0.3) is 0 Å². The Labute approximate surface area is 106 Å². The van der Waals surface area contributed by atoms with Crippen molar-refractivity contribution < 1.29 is 17.6 Å². The van der Waals surface area contributed by atoms with E-state index >= 15 is 0 Å². The zero-order chi connectivity index (χ0) is 13.6. The number of rotatable bonds is 6. The topological polar surface area (TPSA) is 63.2 Å². The minimum atomic E-state index is -3.34. The molecule has 1 rings (SSSR count). The highest BCUT2D eigenvalue weighted by molar-refractivity contribution is 7.90. The molecule has 6 heteroatoms. The van der Waals surface area contributed by atoms with Gasteiger partial charge >= 0.3 is 0 Å². The zero-order valence-corrected chi connectivity index (χ0v) is 11.0. The van der Waals surface area contributed by atoms with Crippen molar-refractivity contribution >= 4 is 15.7 Å². The van der Waals surface area contributed by atoms with E-state index in [1.54, 1.807) is 6.92 Å². The molecule has 1 aromatic rings. The Morgan fingerprint density at radius 1 is 1.28 bits per heavy atom. The minimum Gasteiger partial charge on any atom is -0.356 e. The summed E-state index contributed by atoms with van der Waals surface area (Å²) in [6, 6.07) is 5.29. The van der Waals surface area contributed by atoms with E-state index in [1.807, 2.05) is 0 Å². The molecule has 0 bridgehead atoms. The second-order valence-corrected chi connectivity index (χ2v) is 6.11. The molecule has 0 aromatic heterocycles. The standard InChI is InChI=1S/C12H16FNO3S/c1-2-14-12(15)7-8-18(16,17)9-10-3-5-11(13)6-4-10/h3-6H,2,7-9H2,1H3,(H,14,15). The van der Waals surface area contributed by atoms with Gasteiger partial charge in [-0.05, 0) is 24.6 Å². The van der Waals surface area contributed by atoms with Crippen molar-refractivity contribution in [3.8, 4) is 0 Å². The van der Waals surface area contributed by atoms with Gasteiger partial charge in [-0.3, -0.25) is 4.79 Å². The summed E-state index contributed by atoms with van der Waals surface area (Å²) in [5.41, 5.74) is 0.521. The lowest BCUT2D eigenvalue weighted by atomic mass is 10.2. The first kappa shape index (κ1) is 14.6. The maximum Gasteiger partial charge on any atom is 0.221 e. The highest BCUT2D eigenvalue weighted by atomic mass is 32.2. The molecule has 1 N–H and O–H groups in total. The summed E-state index contributed by atoms with van der Waals surface area (Å²) in [6.45, 7) is 2.25. The van der Waals surface area contributed by atoms with Gasteiger partial charge in [-0.2, -0.15) is 0 Å². The van der Waals surface area contributed by atoms with Crippen LogP contribution < -0.4 is 5.32 Å². The highest BCUT2D eigenvalue weighted by Crippen LogP contribution is 2.09. The van der Waals surface area contributed by atoms with Crippen LogP contribution in [0.4, 0.5) is 4.39 Å². The van der Waals surface area contributed by atoms with Crippen molar-refractivity contribution in [2.45, 2.75) is 19.1 Å². The zero-order valence-electron chi connectivity index (χ0n) is 10.1. The number of amides is 1. The van der Waals surface area contributed by atoms with Gasteiger partial charge in [0.05, 0.1) is 11.5 Å². The quantitative estimate of drug-likeness (QED) is 0.849. The van der Waals surface area contributed by atoms with Crippen LogP contribution in [0.2, 0.25) is 0 Å². The average molecular weight is 273 g/mol. The number of halogens is 1. The molecule has 0 fully saturated rings. The van der Waals surface area contributed by atoms with E-state index in [0.717, 1.165) is 0 Å². The van der Waals surface area contributed by atoms with Crippen LogP contribution in [0.3, 0.4) is 0 Å². The molecule has 0 aliphatic heterocycles. The first-order valence-electron chi connectivity index (χ1n) is 5.64. The summed E-state index contributed by atoms with van der Waals surface area (Å²) in [4.78, 5) is 11.2. The van der Waals surface area contributed by atoms with Crippen molar-refractivity contribution in [3.05, 3.63) is 35.6 Å². The summed E-state index contributed by atoms with van der Waals surface area (Å²) < 4.78 is 36.1. The van der Waals surface area contributed by atoms with Crippen LogP contribution in [0.1, 0.15) is 18.9 Å². The van der Waals surface area contributed by atoms with Crippen molar-refractivity contribution in [2.75, 3.05) is 12.3 Å². The van der Waals surface area contributed by atoms with Gasteiger partial charge in [0.15, 0.2) is 9.84 Å². The van der Waals surface area contributed by atoms with Crippen molar-refractivity contribution in [1.29, 1.82) is 0 Å². The van der Waals surface area contributed by atoms with Crippen LogP contribution in [0.5, 0.6) is 0 Å². The number of benzene rings is 1. The smallest absolute Gasteiger partial charge is 0.221 e. The van der Waals surface area contributed by atoms with Crippen LogP contribution in [0, 0.1) is 5.82 Å². The summed E-state index contributed by atoms with van der Waals surface area (Å²) >= 11 is 0. The van der Waals surface area contributed by atoms with Gasteiger partial charge in [0, 0.05) is 13.0 Å². The SMILES string of the molecule is CCNC(=O)CCS(=O)(=O)Cc1ccc(F)cc1. The van der Waals surface area contributed by atoms with Gasteiger partial charge in [0.2, 0.25) is 5.91 Å². The fraction of sp³-hybridized carbons (Fsp3) is 0.417. The highest BCUT2D eigenvalue weighted by Gasteiger charge is 2.14. The molecule has 0 unspecified atom stereocenters. The summed E-state index contributed by atoms with van der Waals surface area (Å²) in [5, 5.41) is 2.54. The molecule has 0 aliphatic rings. The maximum atomic E-state index is 12.7. The average Bonchev–Trinajstić information content (AvgIpc) is 2.30. The van der Waals surface area contributed by atoms with Gasteiger partial charge in [-0.25, -0.2) is 12.8 Å².